The third-order valence-corrected chi connectivity index (χ3v) is 2.97. The lowest BCUT2D eigenvalue weighted by Gasteiger charge is -2.12. The Labute approximate surface area is 113 Å². The van der Waals surface area contributed by atoms with Crippen LogP contribution in [-0.4, -0.2) is 13.2 Å². The Bertz CT molecular complexity index is 554. The molecule has 0 spiro atoms. The minimum absolute atomic E-state index is 0.271. The summed E-state index contributed by atoms with van der Waals surface area (Å²) in [5.41, 5.74) is 3.24. The highest BCUT2D eigenvalue weighted by Crippen LogP contribution is 2.18. The van der Waals surface area contributed by atoms with Gasteiger partial charge in [-0.25, -0.2) is 4.39 Å². The molecule has 0 heterocycles. The second kappa shape index (κ2) is 6.23. The number of aryl methyl sites for hydroxylation is 2. The number of nitrogens with one attached hydrogen (secondary N) is 1. The molecule has 0 atom stereocenters. The van der Waals surface area contributed by atoms with Crippen molar-refractivity contribution >= 4 is 5.69 Å². The Morgan fingerprint density at radius 3 is 2.63 bits per heavy atom. The highest BCUT2D eigenvalue weighted by Gasteiger charge is 2.01. The minimum Gasteiger partial charge on any atom is -0.491 e. The number of anilines is 1. The van der Waals surface area contributed by atoms with Gasteiger partial charge in [0, 0.05) is 18.3 Å². The highest BCUT2D eigenvalue weighted by molar-refractivity contribution is 5.50. The van der Waals surface area contributed by atoms with Gasteiger partial charge in [0.25, 0.3) is 0 Å². The fourth-order valence-electron chi connectivity index (χ4n) is 1.85. The molecule has 0 aromatic heterocycles. The lowest BCUT2D eigenvalue weighted by atomic mass is 10.2. The molecule has 2 rings (SSSR count). The van der Waals surface area contributed by atoms with Crippen LogP contribution in [0.25, 0.3) is 0 Å². The second-order valence-electron chi connectivity index (χ2n) is 4.50. The van der Waals surface area contributed by atoms with Gasteiger partial charge in [-0.15, -0.1) is 0 Å². The number of hydrogen-bond donors (Lipinski definition) is 1. The monoisotopic (exact) mass is 259 g/mol. The van der Waals surface area contributed by atoms with Crippen molar-refractivity contribution in [3.05, 3.63) is 59.4 Å². The Morgan fingerprint density at radius 1 is 1.05 bits per heavy atom. The van der Waals surface area contributed by atoms with Crippen LogP contribution in [0.4, 0.5) is 10.1 Å². The van der Waals surface area contributed by atoms with Crippen LogP contribution in [0.3, 0.4) is 0 Å². The van der Waals surface area contributed by atoms with E-state index in [0.29, 0.717) is 18.9 Å². The molecule has 2 aromatic carbocycles. The van der Waals surface area contributed by atoms with Crippen molar-refractivity contribution in [3.8, 4) is 5.75 Å². The van der Waals surface area contributed by atoms with Crippen molar-refractivity contribution in [2.24, 2.45) is 0 Å². The van der Waals surface area contributed by atoms with E-state index in [1.807, 2.05) is 25.1 Å². The topological polar surface area (TPSA) is 21.3 Å². The number of benzene rings is 2. The largest absolute Gasteiger partial charge is 0.491 e. The Morgan fingerprint density at radius 2 is 1.84 bits per heavy atom. The standard InChI is InChI=1S/C16H18FNO/c1-12-5-3-4-6-15(12)18-9-10-19-16-11-14(17)8-7-13(16)2/h3-8,11,18H,9-10H2,1-2H3. The van der Waals surface area contributed by atoms with Crippen LogP contribution in [0.1, 0.15) is 11.1 Å². The molecule has 0 saturated heterocycles. The van der Waals surface area contributed by atoms with E-state index in [-0.39, 0.29) is 5.82 Å². The van der Waals surface area contributed by atoms with E-state index in [2.05, 4.69) is 18.3 Å². The molecule has 0 radical (unpaired) electrons. The second-order valence-corrected chi connectivity index (χ2v) is 4.50. The van der Waals surface area contributed by atoms with E-state index >= 15 is 0 Å². The van der Waals surface area contributed by atoms with Crippen molar-refractivity contribution in [3.63, 3.8) is 0 Å². The van der Waals surface area contributed by atoms with Crippen LogP contribution in [0.15, 0.2) is 42.5 Å². The van der Waals surface area contributed by atoms with E-state index in [4.69, 9.17) is 4.74 Å². The lowest BCUT2D eigenvalue weighted by molar-refractivity contribution is 0.328. The first-order chi connectivity index (χ1) is 9.16. The first-order valence-electron chi connectivity index (χ1n) is 6.35. The van der Waals surface area contributed by atoms with Crippen LogP contribution in [0.5, 0.6) is 5.75 Å². The van der Waals surface area contributed by atoms with Crippen LogP contribution in [0, 0.1) is 19.7 Å². The van der Waals surface area contributed by atoms with Crippen LogP contribution < -0.4 is 10.1 Å². The molecule has 0 bridgehead atoms. The molecule has 1 N–H and O–H groups in total. The van der Waals surface area contributed by atoms with Gasteiger partial charge in [-0.1, -0.05) is 24.3 Å². The molecule has 19 heavy (non-hydrogen) atoms. The fourth-order valence-corrected chi connectivity index (χ4v) is 1.85. The first-order valence-corrected chi connectivity index (χ1v) is 6.35. The zero-order chi connectivity index (χ0) is 13.7. The molecular weight excluding hydrogens is 241 g/mol. The number of hydrogen-bond acceptors (Lipinski definition) is 2. The minimum atomic E-state index is -0.271. The van der Waals surface area contributed by atoms with Gasteiger partial charge >= 0.3 is 0 Å². The molecule has 2 aromatic rings. The average Bonchev–Trinajstić information content (AvgIpc) is 2.40. The highest BCUT2D eigenvalue weighted by atomic mass is 19.1. The first kappa shape index (κ1) is 13.4. The van der Waals surface area contributed by atoms with E-state index in [1.165, 1.54) is 17.7 Å². The predicted molar refractivity (Wildman–Crippen MR) is 76.3 cm³/mol. The smallest absolute Gasteiger partial charge is 0.126 e. The van der Waals surface area contributed by atoms with Crippen molar-refractivity contribution in [1.29, 1.82) is 0 Å². The predicted octanol–water partition coefficient (Wildman–Crippen LogP) is 3.93. The summed E-state index contributed by atoms with van der Waals surface area (Å²) >= 11 is 0. The Balaban J connectivity index is 1.84. The summed E-state index contributed by atoms with van der Waals surface area (Å²) < 4.78 is 18.7. The molecule has 2 nitrogen and oxygen atoms in total. The number of para-hydroxylation sites is 1. The van der Waals surface area contributed by atoms with E-state index < -0.39 is 0 Å². The van der Waals surface area contributed by atoms with Crippen molar-refractivity contribution in [1.82, 2.24) is 0 Å². The van der Waals surface area contributed by atoms with Crippen LogP contribution >= 0.6 is 0 Å². The van der Waals surface area contributed by atoms with Gasteiger partial charge in [-0.05, 0) is 37.1 Å². The maximum absolute atomic E-state index is 13.1. The summed E-state index contributed by atoms with van der Waals surface area (Å²) in [4.78, 5) is 0. The summed E-state index contributed by atoms with van der Waals surface area (Å²) in [5.74, 6) is 0.332. The Kier molecular flexibility index (Phi) is 4.39. The van der Waals surface area contributed by atoms with Gasteiger partial charge < -0.3 is 10.1 Å². The molecular formula is C16H18FNO. The molecule has 0 saturated carbocycles. The SMILES string of the molecule is Cc1ccccc1NCCOc1cc(F)ccc1C. The summed E-state index contributed by atoms with van der Waals surface area (Å²) in [7, 11) is 0. The summed E-state index contributed by atoms with van der Waals surface area (Å²) in [6.07, 6.45) is 0. The average molecular weight is 259 g/mol. The van der Waals surface area contributed by atoms with Crippen LogP contribution in [0.2, 0.25) is 0 Å². The number of ether oxygens (including phenoxy) is 1. The van der Waals surface area contributed by atoms with Gasteiger partial charge in [0.2, 0.25) is 0 Å². The van der Waals surface area contributed by atoms with Gasteiger partial charge in [0.15, 0.2) is 0 Å². The van der Waals surface area contributed by atoms with Crippen LogP contribution in [-0.2, 0) is 0 Å². The summed E-state index contributed by atoms with van der Waals surface area (Å²) in [6, 6.07) is 12.7. The molecule has 100 valence electrons. The Hall–Kier alpha value is -2.03. The molecule has 0 fully saturated rings. The summed E-state index contributed by atoms with van der Waals surface area (Å²) in [5, 5.41) is 3.30. The third-order valence-electron chi connectivity index (χ3n) is 2.97. The van der Waals surface area contributed by atoms with E-state index in [9.17, 15) is 4.39 Å². The third kappa shape index (κ3) is 3.71. The maximum atomic E-state index is 13.1. The van der Waals surface area contributed by atoms with Crippen molar-refractivity contribution < 1.29 is 9.13 Å². The molecule has 3 heteroatoms. The molecule has 0 aliphatic rings. The van der Waals surface area contributed by atoms with Crippen molar-refractivity contribution in [2.45, 2.75) is 13.8 Å². The van der Waals surface area contributed by atoms with Crippen molar-refractivity contribution in [2.75, 3.05) is 18.5 Å². The summed E-state index contributed by atoms with van der Waals surface area (Å²) in [6.45, 7) is 5.14. The number of rotatable bonds is 5. The quantitative estimate of drug-likeness (QED) is 0.821. The molecule has 0 amide bonds. The van der Waals surface area contributed by atoms with E-state index in [0.717, 1.165) is 11.3 Å². The molecule has 0 aliphatic carbocycles. The maximum Gasteiger partial charge on any atom is 0.126 e. The zero-order valence-electron chi connectivity index (χ0n) is 11.2. The van der Waals surface area contributed by atoms with E-state index in [1.54, 1.807) is 6.07 Å². The normalized spacial score (nSPS) is 10.3. The lowest BCUT2D eigenvalue weighted by Crippen LogP contribution is -2.12. The fraction of sp³-hybridized carbons (Fsp3) is 0.250. The van der Waals surface area contributed by atoms with Gasteiger partial charge in [0.1, 0.15) is 18.2 Å². The zero-order valence-corrected chi connectivity index (χ0v) is 11.2. The van der Waals surface area contributed by atoms with Gasteiger partial charge in [-0.2, -0.15) is 0 Å². The van der Waals surface area contributed by atoms with Gasteiger partial charge in [-0.3, -0.25) is 0 Å². The number of halogens is 1. The van der Waals surface area contributed by atoms with Gasteiger partial charge in [0.05, 0.1) is 0 Å². The molecule has 0 aliphatic heterocycles. The molecule has 0 unspecified atom stereocenters.